The fourth-order valence-corrected chi connectivity index (χ4v) is 4.99. The Morgan fingerprint density at radius 2 is 1.74 bits per heavy atom. The van der Waals surface area contributed by atoms with Gasteiger partial charge in [-0.15, -0.1) is 11.3 Å². The number of amides is 1. The van der Waals surface area contributed by atoms with E-state index >= 15 is 0 Å². The van der Waals surface area contributed by atoms with Gasteiger partial charge in [-0.2, -0.15) is 0 Å². The molecule has 0 atom stereocenters. The predicted octanol–water partition coefficient (Wildman–Crippen LogP) is 6.70. The fourth-order valence-electron chi connectivity index (χ4n) is 3.78. The summed E-state index contributed by atoms with van der Waals surface area (Å²) in [5.74, 6) is -0.548. The Balaban J connectivity index is 2.05. The number of carboxylic acid groups (broad SMARTS) is 1. The Hall–Kier alpha value is -2.14. The summed E-state index contributed by atoms with van der Waals surface area (Å²) in [7, 11) is 1.89. The number of aryl methyl sites for hydroxylation is 2. The molecule has 4 nitrogen and oxygen atoms in total. The van der Waals surface area contributed by atoms with E-state index < -0.39 is 5.97 Å². The van der Waals surface area contributed by atoms with E-state index in [1.165, 1.54) is 29.7 Å². The second-order valence-corrected chi connectivity index (χ2v) is 9.46. The van der Waals surface area contributed by atoms with Crippen LogP contribution < -0.4 is 0 Å². The number of hydrogen-bond donors (Lipinski definition) is 1. The highest BCUT2D eigenvalue weighted by atomic mass is 32.1. The van der Waals surface area contributed by atoms with Gasteiger partial charge < -0.3 is 10.0 Å². The zero-order valence-corrected chi connectivity index (χ0v) is 20.1. The van der Waals surface area contributed by atoms with Gasteiger partial charge in [-0.05, 0) is 48.1 Å². The molecular formula is C26H37NO3S. The number of carboxylic acids is 1. The lowest BCUT2D eigenvalue weighted by Gasteiger charge is -2.18. The normalized spacial score (nSPS) is 10.9. The molecule has 1 heterocycles. The Morgan fingerprint density at radius 1 is 0.968 bits per heavy atom. The topological polar surface area (TPSA) is 57.6 Å². The van der Waals surface area contributed by atoms with Crippen LogP contribution in [-0.2, 0) is 29.0 Å². The first kappa shape index (κ1) is 25.1. The van der Waals surface area contributed by atoms with Crippen molar-refractivity contribution in [1.82, 2.24) is 4.90 Å². The summed E-state index contributed by atoms with van der Waals surface area (Å²) in [6.07, 6.45) is 9.18. The van der Waals surface area contributed by atoms with Gasteiger partial charge in [-0.25, -0.2) is 0 Å². The Bertz CT molecular complexity index is 843. The lowest BCUT2D eigenvalue weighted by atomic mass is 10.0. The van der Waals surface area contributed by atoms with E-state index in [1.54, 1.807) is 11.3 Å². The number of aliphatic carboxylic acids is 1. The molecular weight excluding hydrogens is 406 g/mol. The Morgan fingerprint density at radius 3 is 2.45 bits per heavy atom. The highest BCUT2D eigenvalue weighted by molar-refractivity contribution is 7.15. The zero-order valence-electron chi connectivity index (χ0n) is 19.3. The number of benzene rings is 1. The van der Waals surface area contributed by atoms with Crippen LogP contribution in [0.25, 0.3) is 10.4 Å². The van der Waals surface area contributed by atoms with Gasteiger partial charge in [0, 0.05) is 29.8 Å². The van der Waals surface area contributed by atoms with Crippen molar-refractivity contribution in [1.29, 1.82) is 0 Å². The van der Waals surface area contributed by atoms with Crippen molar-refractivity contribution in [2.75, 3.05) is 7.05 Å². The standard InChI is InChI=1S/C26H37NO3S/c1-4-6-7-8-9-14-24(28)27(3)19-20-12-10-13-22(17-20)26-21(11-5-2)18-23(31-26)15-16-25(29)30/h10,12-13,17-18H,4-9,11,14-16,19H2,1-3H3,(H,29,30). The van der Waals surface area contributed by atoms with E-state index in [-0.39, 0.29) is 12.3 Å². The number of hydrogen-bond acceptors (Lipinski definition) is 3. The molecule has 0 saturated carbocycles. The highest BCUT2D eigenvalue weighted by Crippen LogP contribution is 2.35. The molecule has 5 heteroatoms. The largest absolute Gasteiger partial charge is 0.481 e. The molecule has 0 aliphatic heterocycles. The average molecular weight is 444 g/mol. The van der Waals surface area contributed by atoms with Gasteiger partial charge in [0.15, 0.2) is 0 Å². The quantitative estimate of drug-likeness (QED) is 0.330. The van der Waals surface area contributed by atoms with Crippen molar-refractivity contribution < 1.29 is 14.7 Å². The van der Waals surface area contributed by atoms with E-state index in [0.29, 0.717) is 19.4 Å². The molecule has 1 amide bonds. The van der Waals surface area contributed by atoms with Crippen LogP contribution in [0.5, 0.6) is 0 Å². The van der Waals surface area contributed by atoms with Gasteiger partial charge in [0.25, 0.3) is 0 Å². The van der Waals surface area contributed by atoms with Crippen LogP contribution in [0.1, 0.15) is 81.2 Å². The number of carbonyl (C=O) groups excluding carboxylic acids is 1. The lowest BCUT2D eigenvalue weighted by Crippen LogP contribution is -2.25. The van der Waals surface area contributed by atoms with E-state index in [1.807, 2.05) is 11.9 Å². The fraction of sp³-hybridized carbons (Fsp3) is 0.538. The molecule has 0 radical (unpaired) electrons. The van der Waals surface area contributed by atoms with Crippen molar-refractivity contribution in [3.05, 3.63) is 46.3 Å². The minimum absolute atomic E-state index is 0.164. The monoisotopic (exact) mass is 443 g/mol. The average Bonchev–Trinajstić information content (AvgIpc) is 3.15. The third-order valence-corrected chi connectivity index (χ3v) is 6.78. The van der Waals surface area contributed by atoms with Crippen molar-refractivity contribution in [3.8, 4) is 10.4 Å². The van der Waals surface area contributed by atoms with E-state index in [9.17, 15) is 9.59 Å². The number of rotatable bonds is 14. The van der Waals surface area contributed by atoms with Gasteiger partial charge in [-0.3, -0.25) is 9.59 Å². The predicted molar refractivity (Wildman–Crippen MR) is 130 cm³/mol. The highest BCUT2D eigenvalue weighted by Gasteiger charge is 2.14. The molecule has 31 heavy (non-hydrogen) atoms. The van der Waals surface area contributed by atoms with Crippen molar-refractivity contribution in [3.63, 3.8) is 0 Å². The molecule has 0 bridgehead atoms. The molecule has 2 rings (SSSR count). The van der Waals surface area contributed by atoms with Gasteiger partial charge in [-0.1, -0.05) is 64.2 Å². The molecule has 0 aliphatic carbocycles. The SMILES string of the molecule is CCCCCCCC(=O)N(C)Cc1cccc(-c2sc(CCC(=O)O)cc2CCC)c1. The van der Waals surface area contributed by atoms with E-state index in [0.717, 1.165) is 41.7 Å². The van der Waals surface area contributed by atoms with E-state index in [2.05, 4.69) is 44.2 Å². The summed E-state index contributed by atoms with van der Waals surface area (Å²) < 4.78 is 0. The minimum atomic E-state index is -0.757. The molecule has 170 valence electrons. The van der Waals surface area contributed by atoms with Gasteiger partial charge in [0.05, 0.1) is 6.42 Å². The molecule has 1 aromatic carbocycles. The molecule has 1 N–H and O–H groups in total. The Labute approximate surface area is 191 Å². The summed E-state index contributed by atoms with van der Waals surface area (Å²) in [6.45, 7) is 4.98. The first-order valence-electron chi connectivity index (χ1n) is 11.6. The number of carbonyl (C=O) groups is 2. The van der Waals surface area contributed by atoms with Crippen LogP contribution in [0, 0.1) is 0 Å². The number of nitrogens with zero attached hydrogens (tertiary/aromatic N) is 1. The zero-order chi connectivity index (χ0) is 22.6. The maximum Gasteiger partial charge on any atom is 0.303 e. The molecule has 0 unspecified atom stereocenters. The third-order valence-electron chi connectivity index (χ3n) is 5.49. The maximum absolute atomic E-state index is 12.5. The summed E-state index contributed by atoms with van der Waals surface area (Å²) in [5, 5.41) is 9.00. The second-order valence-electron chi connectivity index (χ2n) is 8.33. The molecule has 0 fully saturated rings. The minimum Gasteiger partial charge on any atom is -0.481 e. The van der Waals surface area contributed by atoms with Crippen LogP contribution in [0.15, 0.2) is 30.3 Å². The van der Waals surface area contributed by atoms with Crippen LogP contribution in [0.4, 0.5) is 0 Å². The van der Waals surface area contributed by atoms with Crippen LogP contribution in [0.2, 0.25) is 0 Å². The van der Waals surface area contributed by atoms with Crippen molar-refractivity contribution in [2.45, 2.75) is 84.6 Å². The molecule has 2 aromatic rings. The van der Waals surface area contributed by atoms with Gasteiger partial charge in [0.1, 0.15) is 0 Å². The summed E-state index contributed by atoms with van der Waals surface area (Å²) in [5.41, 5.74) is 3.58. The molecule has 0 saturated heterocycles. The van der Waals surface area contributed by atoms with Crippen LogP contribution in [0.3, 0.4) is 0 Å². The number of thiophene rings is 1. The summed E-state index contributed by atoms with van der Waals surface area (Å²) in [6, 6.07) is 10.6. The molecule has 0 spiro atoms. The van der Waals surface area contributed by atoms with E-state index in [4.69, 9.17) is 5.11 Å². The summed E-state index contributed by atoms with van der Waals surface area (Å²) in [4.78, 5) is 27.6. The van der Waals surface area contributed by atoms with Crippen molar-refractivity contribution >= 4 is 23.2 Å². The molecule has 1 aromatic heterocycles. The van der Waals surface area contributed by atoms with Crippen LogP contribution in [-0.4, -0.2) is 28.9 Å². The smallest absolute Gasteiger partial charge is 0.303 e. The molecule has 0 aliphatic rings. The maximum atomic E-state index is 12.5. The first-order valence-corrected chi connectivity index (χ1v) is 12.4. The first-order chi connectivity index (χ1) is 14.9. The van der Waals surface area contributed by atoms with Crippen molar-refractivity contribution in [2.24, 2.45) is 0 Å². The van der Waals surface area contributed by atoms with Crippen LogP contribution >= 0.6 is 11.3 Å². The lowest BCUT2D eigenvalue weighted by molar-refractivity contribution is -0.137. The van der Waals surface area contributed by atoms with Gasteiger partial charge >= 0.3 is 5.97 Å². The number of unbranched alkanes of at least 4 members (excludes halogenated alkanes) is 4. The summed E-state index contributed by atoms with van der Waals surface area (Å²) >= 11 is 1.70. The third kappa shape index (κ3) is 8.48. The Kier molecular flexibility index (Phi) is 10.8. The van der Waals surface area contributed by atoms with Gasteiger partial charge in [0.2, 0.25) is 5.91 Å². The second kappa shape index (κ2) is 13.3.